The van der Waals surface area contributed by atoms with Crippen LogP contribution in [0.1, 0.15) is 44.9 Å². The van der Waals surface area contributed by atoms with Gasteiger partial charge < -0.3 is 10.4 Å². The van der Waals surface area contributed by atoms with Crippen LogP contribution in [0, 0.1) is 0 Å². The first-order valence-electron chi connectivity index (χ1n) is 6.60. The van der Waals surface area contributed by atoms with E-state index in [9.17, 15) is 5.11 Å². The first-order chi connectivity index (χ1) is 8.67. The molecule has 0 amide bonds. The van der Waals surface area contributed by atoms with E-state index in [4.69, 9.17) is 0 Å². The van der Waals surface area contributed by atoms with Crippen LogP contribution in [-0.4, -0.2) is 27.2 Å². The van der Waals surface area contributed by atoms with Gasteiger partial charge in [0, 0.05) is 12.5 Å². The Labute approximate surface area is 116 Å². The van der Waals surface area contributed by atoms with Crippen molar-refractivity contribution in [2.75, 3.05) is 11.9 Å². The highest BCUT2D eigenvalue weighted by molar-refractivity contribution is 9.10. The quantitative estimate of drug-likeness (QED) is 0.839. The van der Waals surface area contributed by atoms with E-state index in [1.54, 1.807) is 0 Å². The third-order valence-corrected chi connectivity index (χ3v) is 3.97. The number of aryl methyl sites for hydroxylation is 1. The van der Waals surface area contributed by atoms with Crippen molar-refractivity contribution in [3.05, 3.63) is 16.5 Å². The Morgan fingerprint density at radius 2 is 2.06 bits per heavy atom. The molecule has 1 aromatic rings. The van der Waals surface area contributed by atoms with E-state index in [0.717, 1.165) is 35.5 Å². The van der Waals surface area contributed by atoms with Crippen molar-refractivity contribution in [2.45, 2.75) is 51.0 Å². The van der Waals surface area contributed by atoms with Gasteiger partial charge in [-0.3, -0.25) is 0 Å². The summed E-state index contributed by atoms with van der Waals surface area (Å²) in [5.41, 5.74) is -0.197. The Morgan fingerprint density at radius 3 is 2.67 bits per heavy atom. The van der Waals surface area contributed by atoms with Crippen molar-refractivity contribution in [3.8, 4) is 0 Å². The van der Waals surface area contributed by atoms with Gasteiger partial charge in [-0.05, 0) is 28.8 Å². The van der Waals surface area contributed by atoms with Crippen LogP contribution >= 0.6 is 15.9 Å². The fraction of sp³-hybridized carbons (Fsp3) is 0.692. The molecule has 0 bridgehead atoms. The lowest BCUT2D eigenvalue weighted by molar-refractivity contribution is 0.172. The van der Waals surface area contributed by atoms with Gasteiger partial charge in [0.05, 0.1) is 12.1 Å². The van der Waals surface area contributed by atoms with Gasteiger partial charge in [0.1, 0.15) is 16.2 Å². The predicted molar refractivity (Wildman–Crippen MR) is 75.6 cm³/mol. The van der Waals surface area contributed by atoms with E-state index < -0.39 is 0 Å². The zero-order valence-corrected chi connectivity index (χ0v) is 12.3. The molecular weight excluding hydrogens is 294 g/mol. The lowest BCUT2D eigenvalue weighted by Crippen LogP contribution is -2.44. The van der Waals surface area contributed by atoms with Gasteiger partial charge >= 0.3 is 0 Å². The highest BCUT2D eigenvalue weighted by atomic mass is 79.9. The number of hydrogen-bond donors (Lipinski definition) is 2. The number of halogens is 1. The van der Waals surface area contributed by atoms with Crippen LogP contribution in [0.4, 0.5) is 5.82 Å². The monoisotopic (exact) mass is 313 g/mol. The van der Waals surface area contributed by atoms with E-state index in [1.807, 2.05) is 13.0 Å². The van der Waals surface area contributed by atoms with E-state index in [1.165, 1.54) is 19.3 Å². The summed E-state index contributed by atoms with van der Waals surface area (Å²) in [6, 6.07) is 1.88. The van der Waals surface area contributed by atoms with Crippen LogP contribution in [0.15, 0.2) is 10.7 Å². The van der Waals surface area contributed by atoms with Gasteiger partial charge in [0.25, 0.3) is 0 Å². The number of nitrogens with zero attached hydrogens (tertiary/aromatic N) is 2. The van der Waals surface area contributed by atoms with Crippen molar-refractivity contribution >= 4 is 21.7 Å². The molecular formula is C13H20BrN3O. The summed E-state index contributed by atoms with van der Waals surface area (Å²) in [4.78, 5) is 8.77. The first kappa shape index (κ1) is 13.7. The fourth-order valence-electron chi connectivity index (χ4n) is 2.51. The molecule has 5 heteroatoms. The van der Waals surface area contributed by atoms with Gasteiger partial charge in [-0.1, -0.05) is 26.2 Å². The Kier molecular flexibility index (Phi) is 4.56. The number of aromatic nitrogens is 2. The molecule has 4 nitrogen and oxygen atoms in total. The van der Waals surface area contributed by atoms with Crippen molar-refractivity contribution in [3.63, 3.8) is 0 Å². The lowest BCUT2D eigenvalue weighted by atomic mass is 9.82. The van der Waals surface area contributed by atoms with Crippen LogP contribution in [0.25, 0.3) is 0 Å². The van der Waals surface area contributed by atoms with Gasteiger partial charge in [0.2, 0.25) is 0 Å². The number of hydrogen-bond acceptors (Lipinski definition) is 4. The molecule has 1 fully saturated rings. The summed E-state index contributed by atoms with van der Waals surface area (Å²) in [6.07, 6.45) is 6.41. The third kappa shape index (κ3) is 3.20. The van der Waals surface area contributed by atoms with Gasteiger partial charge in [-0.2, -0.15) is 0 Å². The van der Waals surface area contributed by atoms with Crippen molar-refractivity contribution in [1.82, 2.24) is 9.97 Å². The number of nitrogens with one attached hydrogen (secondary N) is 1. The first-order valence-corrected chi connectivity index (χ1v) is 7.39. The zero-order chi connectivity index (χ0) is 13.0. The highest BCUT2D eigenvalue weighted by Gasteiger charge is 2.31. The molecule has 18 heavy (non-hydrogen) atoms. The topological polar surface area (TPSA) is 58.0 Å². The second kappa shape index (κ2) is 5.97. The molecule has 0 atom stereocenters. The summed E-state index contributed by atoms with van der Waals surface area (Å²) in [6.45, 7) is 2.20. The predicted octanol–water partition coefficient (Wildman–Crippen LogP) is 2.91. The maximum atomic E-state index is 9.68. The van der Waals surface area contributed by atoms with E-state index in [-0.39, 0.29) is 12.1 Å². The average molecular weight is 314 g/mol. The van der Waals surface area contributed by atoms with Crippen LogP contribution in [0.5, 0.6) is 0 Å². The van der Waals surface area contributed by atoms with Crippen molar-refractivity contribution in [1.29, 1.82) is 0 Å². The summed E-state index contributed by atoms with van der Waals surface area (Å²) < 4.78 is 0.792. The summed E-state index contributed by atoms with van der Waals surface area (Å²) in [5.74, 6) is 1.63. The molecule has 1 aliphatic carbocycles. The highest BCUT2D eigenvalue weighted by Crippen LogP contribution is 2.31. The lowest BCUT2D eigenvalue weighted by Gasteiger charge is -2.37. The number of anilines is 1. The number of rotatable bonds is 4. The van der Waals surface area contributed by atoms with Gasteiger partial charge in [-0.25, -0.2) is 9.97 Å². The molecule has 1 heterocycles. The SMILES string of the molecule is CCc1nc(Br)cc(NC2(CO)CCCCC2)n1. The molecule has 1 saturated carbocycles. The second-order valence-corrected chi connectivity index (χ2v) is 5.78. The van der Waals surface area contributed by atoms with Crippen molar-refractivity contribution in [2.24, 2.45) is 0 Å². The molecule has 0 aromatic carbocycles. The van der Waals surface area contributed by atoms with Crippen LogP contribution in [-0.2, 0) is 6.42 Å². The van der Waals surface area contributed by atoms with Crippen molar-refractivity contribution < 1.29 is 5.11 Å². The summed E-state index contributed by atoms with van der Waals surface area (Å²) in [5, 5.41) is 13.1. The maximum Gasteiger partial charge on any atom is 0.131 e. The molecule has 0 radical (unpaired) electrons. The molecule has 1 aromatic heterocycles. The summed E-state index contributed by atoms with van der Waals surface area (Å²) in [7, 11) is 0. The minimum atomic E-state index is -0.197. The van der Waals surface area contributed by atoms with E-state index >= 15 is 0 Å². The molecule has 1 aliphatic rings. The fourth-order valence-corrected chi connectivity index (χ4v) is 2.93. The Balaban J connectivity index is 2.18. The van der Waals surface area contributed by atoms with E-state index in [2.05, 4.69) is 31.2 Å². The molecule has 100 valence electrons. The molecule has 0 unspecified atom stereocenters. The number of aliphatic hydroxyl groups is 1. The normalized spacial score (nSPS) is 18.6. The second-order valence-electron chi connectivity index (χ2n) is 4.97. The average Bonchev–Trinajstić information content (AvgIpc) is 2.39. The van der Waals surface area contributed by atoms with Crippen LogP contribution < -0.4 is 5.32 Å². The maximum absolute atomic E-state index is 9.68. The molecule has 0 saturated heterocycles. The van der Waals surface area contributed by atoms with Crippen LogP contribution in [0.3, 0.4) is 0 Å². The minimum absolute atomic E-state index is 0.163. The Morgan fingerprint density at radius 1 is 1.33 bits per heavy atom. The van der Waals surface area contributed by atoms with Crippen LogP contribution in [0.2, 0.25) is 0 Å². The zero-order valence-electron chi connectivity index (χ0n) is 10.7. The molecule has 0 aliphatic heterocycles. The van der Waals surface area contributed by atoms with Gasteiger partial charge in [0.15, 0.2) is 0 Å². The number of aliphatic hydroxyl groups excluding tert-OH is 1. The standard InChI is InChI=1S/C13H20BrN3O/c1-2-11-15-10(14)8-12(16-11)17-13(9-18)6-4-3-5-7-13/h8,18H,2-7,9H2,1H3,(H,15,16,17). The largest absolute Gasteiger partial charge is 0.394 e. The molecule has 2 N–H and O–H groups in total. The minimum Gasteiger partial charge on any atom is -0.394 e. The smallest absolute Gasteiger partial charge is 0.131 e. The Bertz CT molecular complexity index is 405. The molecule has 2 rings (SSSR count). The summed E-state index contributed by atoms with van der Waals surface area (Å²) >= 11 is 3.40. The third-order valence-electron chi connectivity index (χ3n) is 3.56. The Hall–Kier alpha value is -0.680. The van der Waals surface area contributed by atoms with Gasteiger partial charge in [-0.15, -0.1) is 0 Å². The van der Waals surface area contributed by atoms with E-state index in [0.29, 0.717) is 0 Å². The molecule has 0 spiro atoms.